The largest absolute Gasteiger partial charge is 0.367 e. The summed E-state index contributed by atoms with van der Waals surface area (Å²) >= 11 is 5.88. The first kappa shape index (κ1) is 16.7. The summed E-state index contributed by atoms with van der Waals surface area (Å²) in [7, 11) is 1.57. The molecular weight excluding hydrogens is 326 g/mol. The molecule has 6 heteroatoms. The van der Waals surface area contributed by atoms with Gasteiger partial charge in [-0.2, -0.15) is 0 Å². The molecule has 1 atom stereocenters. The quantitative estimate of drug-likeness (QED) is 0.854. The van der Waals surface area contributed by atoms with E-state index in [1.165, 1.54) is 0 Å². The molecule has 0 N–H and O–H groups in total. The van der Waals surface area contributed by atoms with E-state index in [9.17, 15) is 4.79 Å². The smallest absolute Gasteiger partial charge is 0.256 e. The first-order valence-corrected chi connectivity index (χ1v) is 8.30. The molecule has 0 aliphatic carbocycles. The molecule has 2 heterocycles. The van der Waals surface area contributed by atoms with Crippen molar-refractivity contribution < 1.29 is 9.53 Å². The molecule has 24 heavy (non-hydrogen) atoms. The Labute approximate surface area is 146 Å². The Morgan fingerprint density at radius 2 is 1.83 bits per heavy atom. The van der Waals surface area contributed by atoms with E-state index < -0.39 is 6.10 Å². The van der Waals surface area contributed by atoms with Gasteiger partial charge in [0.1, 0.15) is 5.82 Å². The van der Waals surface area contributed by atoms with Gasteiger partial charge in [0, 0.05) is 39.5 Å². The highest BCUT2D eigenvalue weighted by molar-refractivity contribution is 6.30. The predicted octanol–water partition coefficient (Wildman–Crippen LogP) is 2.77. The zero-order valence-corrected chi connectivity index (χ0v) is 14.3. The Morgan fingerprint density at radius 1 is 1.12 bits per heavy atom. The third kappa shape index (κ3) is 3.68. The molecule has 5 nitrogen and oxygen atoms in total. The Kier molecular flexibility index (Phi) is 5.33. The molecule has 0 saturated carbocycles. The molecule has 1 aromatic carbocycles. The van der Waals surface area contributed by atoms with Crippen LogP contribution in [-0.2, 0) is 9.53 Å². The summed E-state index contributed by atoms with van der Waals surface area (Å²) in [6.07, 6.45) is 1.09. The van der Waals surface area contributed by atoms with Crippen molar-refractivity contribution in [1.82, 2.24) is 9.88 Å². The first-order valence-electron chi connectivity index (χ1n) is 7.92. The molecule has 0 spiro atoms. The van der Waals surface area contributed by atoms with E-state index in [-0.39, 0.29) is 5.91 Å². The summed E-state index contributed by atoms with van der Waals surface area (Å²) in [5, 5.41) is 0.623. The molecule has 1 aliphatic rings. The van der Waals surface area contributed by atoms with Crippen LogP contribution in [0.4, 0.5) is 5.82 Å². The Bertz CT molecular complexity index is 670. The lowest BCUT2D eigenvalue weighted by molar-refractivity contribution is -0.142. The average molecular weight is 346 g/mol. The van der Waals surface area contributed by atoms with E-state index in [0.29, 0.717) is 18.1 Å². The fraction of sp³-hybridized carbons (Fsp3) is 0.333. The lowest BCUT2D eigenvalue weighted by Gasteiger charge is -2.36. The highest BCUT2D eigenvalue weighted by atomic mass is 35.5. The number of carbonyl (C=O) groups excluding carboxylic acids is 1. The van der Waals surface area contributed by atoms with Gasteiger partial charge in [0.05, 0.1) is 5.02 Å². The van der Waals surface area contributed by atoms with Crippen LogP contribution in [0.5, 0.6) is 0 Å². The van der Waals surface area contributed by atoms with Crippen LogP contribution in [-0.4, -0.2) is 49.1 Å². The highest BCUT2D eigenvalue weighted by Gasteiger charge is 2.28. The van der Waals surface area contributed by atoms with Crippen LogP contribution in [0.2, 0.25) is 5.02 Å². The summed E-state index contributed by atoms with van der Waals surface area (Å²) in [6, 6.07) is 13.3. The maximum Gasteiger partial charge on any atom is 0.256 e. The van der Waals surface area contributed by atoms with E-state index >= 15 is 0 Å². The summed E-state index contributed by atoms with van der Waals surface area (Å²) in [5.74, 6) is 0.894. The minimum atomic E-state index is -0.550. The van der Waals surface area contributed by atoms with Crippen molar-refractivity contribution in [3.05, 3.63) is 59.2 Å². The van der Waals surface area contributed by atoms with Crippen molar-refractivity contribution >= 4 is 23.3 Å². The molecule has 1 saturated heterocycles. The monoisotopic (exact) mass is 345 g/mol. The fourth-order valence-electron chi connectivity index (χ4n) is 2.88. The van der Waals surface area contributed by atoms with Crippen LogP contribution < -0.4 is 4.90 Å². The lowest BCUT2D eigenvalue weighted by Crippen LogP contribution is -2.50. The van der Waals surface area contributed by atoms with E-state index in [4.69, 9.17) is 16.3 Å². The number of ether oxygens (including phenoxy) is 1. The van der Waals surface area contributed by atoms with Crippen molar-refractivity contribution in [3.8, 4) is 0 Å². The van der Waals surface area contributed by atoms with Gasteiger partial charge in [-0.3, -0.25) is 4.79 Å². The van der Waals surface area contributed by atoms with Crippen molar-refractivity contribution in [1.29, 1.82) is 0 Å². The van der Waals surface area contributed by atoms with E-state index in [1.807, 2.05) is 47.4 Å². The Morgan fingerprint density at radius 3 is 2.42 bits per heavy atom. The third-order valence-electron chi connectivity index (χ3n) is 4.19. The van der Waals surface area contributed by atoms with Crippen LogP contribution in [0.3, 0.4) is 0 Å². The SMILES string of the molecule is COC(C(=O)N1CCN(c2ccc(Cl)cn2)CC1)c1ccccc1. The number of nitrogens with zero attached hydrogens (tertiary/aromatic N) is 3. The van der Waals surface area contributed by atoms with Crippen LogP contribution in [0.1, 0.15) is 11.7 Å². The standard InChI is InChI=1S/C18H20ClN3O2/c1-24-17(14-5-3-2-4-6-14)18(23)22-11-9-21(10-12-22)16-8-7-15(19)13-20-16/h2-8,13,17H,9-12H2,1H3. The number of methoxy groups -OCH3 is 1. The summed E-state index contributed by atoms with van der Waals surface area (Å²) in [6.45, 7) is 2.78. The minimum absolute atomic E-state index is 0.00687. The van der Waals surface area contributed by atoms with Gasteiger partial charge in [-0.25, -0.2) is 4.98 Å². The molecule has 126 valence electrons. The summed E-state index contributed by atoms with van der Waals surface area (Å²) in [5.41, 5.74) is 0.881. The van der Waals surface area contributed by atoms with E-state index in [2.05, 4.69) is 9.88 Å². The number of halogens is 1. The van der Waals surface area contributed by atoms with Crippen LogP contribution in [0.15, 0.2) is 48.7 Å². The molecule has 1 aromatic heterocycles. The summed E-state index contributed by atoms with van der Waals surface area (Å²) in [4.78, 5) is 21.1. The van der Waals surface area contributed by atoms with Gasteiger partial charge in [0.25, 0.3) is 5.91 Å². The van der Waals surface area contributed by atoms with Gasteiger partial charge in [-0.15, -0.1) is 0 Å². The van der Waals surface area contributed by atoms with Crippen molar-refractivity contribution in [2.24, 2.45) is 0 Å². The maximum absolute atomic E-state index is 12.8. The molecule has 1 aliphatic heterocycles. The third-order valence-corrected chi connectivity index (χ3v) is 4.41. The molecular formula is C18H20ClN3O2. The zero-order valence-electron chi connectivity index (χ0n) is 13.6. The minimum Gasteiger partial charge on any atom is -0.367 e. The molecule has 3 rings (SSSR count). The van der Waals surface area contributed by atoms with Crippen molar-refractivity contribution in [3.63, 3.8) is 0 Å². The van der Waals surface area contributed by atoms with Gasteiger partial charge in [-0.05, 0) is 17.7 Å². The summed E-state index contributed by atoms with van der Waals surface area (Å²) < 4.78 is 5.44. The second-order valence-electron chi connectivity index (χ2n) is 5.67. The molecule has 0 bridgehead atoms. The van der Waals surface area contributed by atoms with Gasteiger partial charge in [0.2, 0.25) is 0 Å². The second-order valence-corrected chi connectivity index (χ2v) is 6.11. The second kappa shape index (κ2) is 7.64. The Balaban J connectivity index is 1.63. The lowest BCUT2D eigenvalue weighted by atomic mass is 10.1. The topological polar surface area (TPSA) is 45.7 Å². The van der Waals surface area contributed by atoms with Crippen LogP contribution in [0.25, 0.3) is 0 Å². The number of hydrogen-bond acceptors (Lipinski definition) is 4. The van der Waals surface area contributed by atoms with Crippen molar-refractivity contribution in [2.45, 2.75) is 6.10 Å². The molecule has 0 radical (unpaired) electrons. The number of benzene rings is 1. The normalized spacial score (nSPS) is 16.1. The number of pyridine rings is 1. The van der Waals surface area contributed by atoms with Gasteiger partial charge in [-0.1, -0.05) is 41.9 Å². The number of aromatic nitrogens is 1. The average Bonchev–Trinajstić information content (AvgIpc) is 2.64. The number of rotatable bonds is 4. The maximum atomic E-state index is 12.8. The highest BCUT2D eigenvalue weighted by Crippen LogP contribution is 2.21. The first-order chi connectivity index (χ1) is 11.7. The van der Waals surface area contributed by atoms with Gasteiger partial charge >= 0.3 is 0 Å². The zero-order chi connectivity index (χ0) is 16.9. The molecule has 2 aromatic rings. The molecule has 1 fully saturated rings. The van der Waals surface area contributed by atoms with Gasteiger partial charge < -0.3 is 14.5 Å². The number of amides is 1. The van der Waals surface area contributed by atoms with E-state index in [1.54, 1.807) is 13.3 Å². The fourth-order valence-corrected chi connectivity index (χ4v) is 3.00. The van der Waals surface area contributed by atoms with Crippen LogP contribution >= 0.6 is 11.6 Å². The van der Waals surface area contributed by atoms with Gasteiger partial charge in [0.15, 0.2) is 6.10 Å². The molecule has 1 unspecified atom stereocenters. The van der Waals surface area contributed by atoms with Crippen molar-refractivity contribution in [2.75, 3.05) is 38.2 Å². The number of carbonyl (C=O) groups is 1. The number of piperazine rings is 1. The number of hydrogen-bond donors (Lipinski definition) is 0. The predicted molar refractivity (Wildman–Crippen MR) is 94.2 cm³/mol. The van der Waals surface area contributed by atoms with Crippen LogP contribution in [0, 0.1) is 0 Å². The Hall–Kier alpha value is -2.11. The number of anilines is 1. The van der Waals surface area contributed by atoms with E-state index in [0.717, 1.165) is 24.5 Å². The molecule has 1 amide bonds.